The molecular weight excluding hydrogens is 723 g/mol. The molecule has 0 bridgehead atoms. The van der Waals surface area contributed by atoms with Crippen LogP contribution in [0, 0.1) is 0 Å². The van der Waals surface area contributed by atoms with Crippen molar-refractivity contribution >= 4 is 93.2 Å². The molecule has 0 unspecified atom stereocenters. The average molecular weight is 758 g/mol. The minimum Gasteiger partial charge on any atom is -0.460 e. The third-order valence-electron chi connectivity index (χ3n) is 11.9. The van der Waals surface area contributed by atoms with Crippen molar-refractivity contribution in [1.82, 2.24) is 0 Å². The number of furan rings is 1. The molecule has 0 aliphatic heterocycles. The maximum absolute atomic E-state index is 6.66. The standard InChI is InChI=1S/C55H35NOS/c1-2-14-38-34-48-51(33-29-35(38)12-1)57-52-24-11-20-46(54(48)52)44-16-5-7-22-49(44)56(50-23-10-21-47-45-17-6-8-25-53(45)58-55(47)50)39-30-26-37(27-31-39)41-18-9-19-42-40-15-4-3-13-36(40)28-32-43(41)42/h1-32,34H,33H2. The third kappa shape index (κ3) is 5.17. The monoisotopic (exact) mass is 757 g/mol. The van der Waals surface area contributed by atoms with Crippen LogP contribution >= 0.6 is 11.3 Å². The lowest BCUT2D eigenvalue weighted by Gasteiger charge is -2.28. The number of benzene rings is 9. The summed E-state index contributed by atoms with van der Waals surface area (Å²) in [6.07, 6.45) is 5.35. The van der Waals surface area contributed by atoms with Gasteiger partial charge in [-0.25, -0.2) is 0 Å². The highest BCUT2D eigenvalue weighted by Gasteiger charge is 2.24. The van der Waals surface area contributed by atoms with Gasteiger partial charge in [-0.05, 0) is 91.1 Å². The summed E-state index contributed by atoms with van der Waals surface area (Å²) in [6.45, 7) is 0. The van der Waals surface area contributed by atoms with E-state index in [1.165, 1.54) is 63.3 Å². The summed E-state index contributed by atoms with van der Waals surface area (Å²) < 4.78 is 9.21. The maximum atomic E-state index is 6.66. The third-order valence-corrected chi connectivity index (χ3v) is 13.1. The smallest absolute Gasteiger partial charge is 0.135 e. The Bertz CT molecular complexity index is 3550. The fourth-order valence-electron chi connectivity index (χ4n) is 9.23. The number of para-hydroxylation sites is 1. The van der Waals surface area contributed by atoms with E-state index in [1.807, 2.05) is 11.3 Å². The quantitative estimate of drug-likeness (QED) is 0.163. The highest BCUT2D eigenvalue weighted by atomic mass is 32.1. The van der Waals surface area contributed by atoms with Crippen molar-refractivity contribution < 1.29 is 4.42 Å². The van der Waals surface area contributed by atoms with E-state index in [4.69, 9.17) is 4.42 Å². The predicted molar refractivity (Wildman–Crippen MR) is 247 cm³/mol. The Morgan fingerprint density at radius 1 is 0.466 bits per heavy atom. The minimum absolute atomic E-state index is 0.748. The van der Waals surface area contributed by atoms with Crippen molar-refractivity contribution in [2.75, 3.05) is 4.90 Å². The van der Waals surface area contributed by atoms with E-state index < -0.39 is 0 Å². The molecule has 0 N–H and O–H groups in total. The zero-order chi connectivity index (χ0) is 38.2. The number of hydrogen-bond donors (Lipinski definition) is 0. The molecule has 2 nitrogen and oxygen atoms in total. The molecule has 3 heteroatoms. The van der Waals surface area contributed by atoms with Crippen LogP contribution in [0.25, 0.3) is 87.1 Å². The molecule has 11 aromatic rings. The van der Waals surface area contributed by atoms with Gasteiger partial charge in [0.25, 0.3) is 0 Å². The molecule has 1 aliphatic rings. The van der Waals surface area contributed by atoms with E-state index >= 15 is 0 Å². The Labute approximate surface area is 339 Å². The molecule has 2 heterocycles. The van der Waals surface area contributed by atoms with Gasteiger partial charge < -0.3 is 9.32 Å². The lowest BCUT2D eigenvalue weighted by molar-refractivity contribution is 0.568. The van der Waals surface area contributed by atoms with Crippen LogP contribution in [0.2, 0.25) is 0 Å². The SMILES string of the molecule is C1=c2ccccc2=Cc2c(oc3cccc(-c4ccccc4N(c4ccc(-c5cccc6c5ccc5ccccc56)cc4)c4cccc5c4sc4ccccc45)c23)C1. The van der Waals surface area contributed by atoms with Gasteiger partial charge in [-0.15, -0.1) is 11.3 Å². The van der Waals surface area contributed by atoms with E-state index in [1.54, 1.807) is 0 Å². The van der Waals surface area contributed by atoms with Gasteiger partial charge in [-0.2, -0.15) is 0 Å². The second-order valence-corrected chi connectivity index (χ2v) is 16.2. The molecule has 58 heavy (non-hydrogen) atoms. The highest BCUT2D eigenvalue weighted by Crippen LogP contribution is 2.49. The van der Waals surface area contributed by atoms with Crippen LogP contribution < -0.4 is 15.3 Å². The fraction of sp³-hybridized carbons (Fsp3) is 0.0182. The Morgan fingerprint density at radius 3 is 2.09 bits per heavy atom. The Hall–Kier alpha value is -7.20. The zero-order valence-corrected chi connectivity index (χ0v) is 32.3. The van der Waals surface area contributed by atoms with Crippen molar-refractivity contribution in [3.63, 3.8) is 0 Å². The van der Waals surface area contributed by atoms with Crippen LogP contribution in [-0.2, 0) is 6.42 Å². The molecule has 0 saturated heterocycles. The summed E-state index contributed by atoms with van der Waals surface area (Å²) in [5.74, 6) is 1.00. The average Bonchev–Trinajstić information content (AvgIpc) is 3.79. The lowest BCUT2D eigenvalue weighted by atomic mass is 9.94. The molecule has 272 valence electrons. The maximum Gasteiger partial charge on any atom is 0.135 e. The van der Waals surface area contributed by atoms with Crippen molar-refractivity contribution in [1.29, 1.82) is 0 Å². The molecule has 9 aromatic carbocycles. The summed E-state index contributed by atoms with van der Waals surface area (Å²) in [5, 5.41) is 11.2. The predicted octanol–water partition coefficient (Wildman–Crippen LogP) is 14.1. The van der Waals surface area contributed by atoms with Gasteiger partial charge in [0.2, 0.25) is 0 Å². The van der Waals surface area contributed by atoms with Crippen LogP contribution in [0.1, 0.15) is 11.3 Å². The molecule has 2 aromatic heterocycles. The topological polar surface area (TPSA) is 16.4 Å². The number of fused-ring (bicyclic) bond motifs is 10. The van der Waals surface area contributed by atoms with Gasteiger partial charge >= 0.3 is 0 Å². The summed E-state index contributed by atoms with van der Waals surface area (Å²) in [7, 11) is 0. The summed E-state index contributed by atoms with van der Waals surface area (Å²) >= 11 is 1.86. The molecule has 0 atom stereocenters. The first-order chi connectivity index (χ1) is 28.8. The van der Waals surface area contributed by atoms with Crippen molar-refractivity contribution in [3.8, 4) is 22.3 Å². The molecular formula is C55H35NOS. The molecule has 1 aliphatic carbocycles. The van der Waals surface area contributed by atoms with Gasteiger partial charge in [0, 0.05) is 44.1 Å². The van der Waals surface area contributed by atoms with Gasteiger partial charge in [0.1, 0.15) is 11.3 Å². The van der Waals surface area contributed by atoms with Gasteiger partial charge in [-0.3, -0.25) is 0 Å². The van der Waals surface area contributed by atoms with E-state index in [9.17, 15) is 0 Å². The second-order valence-electron chi connectivity index (χ2n) is 15.1. The number of anilines is 3. The van der Waals surface area contributed by atoms with E-state index in [2.05, 4.69) is 205 Å². The number of nitrogens with zero attached hydrogens (tertiary/aromatic N) is 1. The first kappa shape index (κ1) is 33.0. The van der Waals surface area contributed by atoms with Crippen molar-refractivity contribution in [2.24, 2.45) is 0 Å². The van der Waals surface area contributed by atoms with E-state index in [0.717, 1.165) is 56.9 Å². The second kappa shape index (κ2) is 13.2. The Kier molecular flexibility index (Phi) is 7.51. The molecule has 0 radical (unpaired) electrons. The highest BCUT2D eigenvalue weighted by molar-refractivity contribution is 7.26. The Morgan fingerprint density at radius 2 is 1.16 bits per heavy atom. The summed E-state index contributed by atoms with van der Waals surface area (Å²) in [5.41, 5.74) is 10.2. The molecule has 0 spiro atoms. The number of thiophene rings is 1. The largest absolute Gasteiger partial charge is 0.460 e. The number of hydrogen-bond acceptors (Lipinski definition) is 3. The summed E-state index contributed by atoms with van der Waals surface area (Å²) in [4.78, 5) is 2.47. The number of rotatable bonds is 5. The summed E-state index contributed by atoms with van der Waals surface area (Å²) in [6, 6.07) is 68.6. The van der Waals surface area contributed by atoms with Gasteiger partial charge in [0.05, 0.1) is 16.1 Å². The van der Waals surface area contributed by atoms with Crippen LogP contribution in [0.15, 0.2) is 192 Å². The van der Waals surface area contributed by atoms with Crippen LogP contribution in [0.4, 0.5) is 17.1 Å². The van der Waals surface area contributed by atoms with E-state index in [0.29, 0.717) is 0 Å². The van der Waals surface area contributed by atoms with Crippen LogP contribution in [-0.4, -0.2) is 0 Å². The first-order valence-electron chi connectivity index (χ1n) is 19.9. The normalized spacial score (nSPS) is 12.3. The molecule has 0 saturated carbocycles. The first-order valence-corrected chi connectivity index (χ1v) is 20.7. The van der Waals surface area contributed by atoms with Gasteiger partial charge in [-0.1, -0.05) is 158 Å². The molecule has 12 rings (SSSR count). The molecule has 0 amide bonds. The van der Waals surface area contributed by atoms with E-state index in [-0.39, 0.29) is 0 Å². The van der Waals surface area contributed by atoms with Crippen LogP contribution in [0.3, 0.4) is 0 Å². The lowest BCUT2D eigenvalue weighted by Crippen LogP contribution is -2.22. The van der Waals surface area contributed by atoms with Crippen molar-refractivity contribution in [3.05, 3.63) is 210 Å². The van der Waals surface area contributed by atoms with Crippen LogP contribution in [0.5, 0.6) is 0 Å². The van der Waals surface area contributed by atoms with Crippen molar-refractivity contribution in [2.45, 2.75) is 6.42 Å². The van der Waals surface area contributed by atoms with Gasteiger partial charge in [0.15, 0.2) is 0 Å². The fourth-order valence-corrected chi connectivity index (χ4v) is 10.4. The minimum atomic E-state index is 0.748. The Balaban J connectivity index is 1.08. The molecule has 0 fully saturated rings. The zero-order valence-electron chi connectivity index (χ0n) is 31.5.